The number of carbonyl (C=O) groups excluding carboxylic acids is 1. The molecule has 6 nitrogen and oxygen atoms in total. The Morgan fingerprint density at radius 2 is 2.05 bits per heavy atom. The molecule has 0 spiro atoms. The number of carbonyl (C=O) groups is 1. The maximum Gasteiger partial charge on any atom is 0.288 e. The van der Waals surface area contributed by atoms with Crippen LogP contribution in [0.2, 0.25) is 5.02 Å². The largest absolute Gasteiger partial charge is 0.326 e. The lowest BCUT2D eigenvalue weighted by Gasteiger charge is -2.20. The van der Waals surface area contributed by atoms with Gasteiger partial charge in [0.2, 0.25) is 5.91 Å². The Bertz CT molecular complexity index is 512. The van der Waals surface area contributed by atoms with Crippen molar-refractivity contribution in [2.45, 2.75) is 32.7 Å². The number of nitro benzene ring substituents is 1. The fourth-order valence-corrected chi connectivity index (χ4v) is 1.76. The van der Waals surface area contributed by atoms with Crippen LogP contribution in [-0.2, 0) is 4.79 Å². The highest BCUT2D eigenvalue weighted by molar-refractivity contribution is 6.33. The molecule has 0 atom stereocenters. The minimum atomic E-state index is -0.568. The Balaban J connectivity index is 2.54. The summed E-state index contributed by atoms with van der Waals surface area (Å²) in [5.74, 6) is -0.174. The van der Waals surface area contributed by atoms with Crippen molar-refractivity contribution in [3.63, 3.8) is 0 Å². The van der Waals surface area contributed by atoms with E-state index in [0.29, 0.717) is 18.7 Å². The summed E-state index contributed by atoms with van der Waals surface area (Å²) >= 11 is 5.77. The number of rotatable bonds is 5. The number of halogens is 1. The van der Waals surface area contributed by atoms with E-state index < -0.39 is 4.92 Å². The fraction of sp³-hybridized carbons (Fsp3) is 0.462. The molecule has 0 aromatic heterocycles. The predicted octanol–water partition coefficient (Wildman–Crippen LogP) is 2.96. The lowest BCUT2D eigenvalue weighted by Crippen LogP contribution is -2.37. The van der Waals surface area contributed by atoms with Crippen LogP contribution in [-0.4, -0.2) is 22.9 Å². The molecule has 0 aliphatic carbocycles. The number of benzene rings is 1. The van der Waals surface area contributed by atoms with Crippen molar-refractivity contribution in [2.75, 3.05) is 11.9 Å². The molecule has 7 heteroatoms. The van der Waals surface area contributed by atoms with Gasteiger partial charge >= 0.3 is 0 Å². The quantitative estimate of drug-likeness (QED) is 0.646. The maximum atomic E-state index is 11.7. The number of nitrogens with zero attached hydrogens (tertiary/aromatic N) is 1. The first-order valence-corrected chi connectivity index (χ1v) is 6.55. The molecular weight excluding hydrogens is 282 g/mol. The van der Waals surface area contributed by atoms with E-state index in [4.69, 9.17) is 11.6 Å². The molecule has 1 aromatic rings. The van der Waals surface area contributed by atoms with Crippen molar-refractivity contribution in [1.82, 2.24) is 5.32 Å². The van der Waals surface area contributed by atoms with E-state index in [1.165, 1.54) is 18.2 Å². The highest BCUT2D eigenvalue weighted by Crippen LogP contribution is 2.27. The molecule has 0 radical (unpaired) electrons. The van der Waals surface area contributed by atoms with E-state index in [-0.39, 0.29) is 22.2 Å². The van der Waals surface area contributed by atoms with Crippen LogP contribution >= 0.6 is 11.6 Å². The van der Waals surface area contributed by atoms with Gasteiger partial charge in [-0.15, -0.1) is 0 Å². The van der Waals surface area contributed by atoms with Crippen LogP contribution < -0.4 is 10.6 Å². The summed E-state index contributed by atoms with van der Waals surface area (Å²) in [6.45, 7) is 6.60. The van der Waals surface area contributed by atoms with Crippen LogP contribution in [0.3, 0.4) is 0 Å². The van der Waals surface area contributed by atoms with Gasteiger partial charge in [0, 0.05) is 30.3 Å². The number of hydrogen-bond donors (Lipinski definition) is 2. The molecule has 0 saturated heterocycles. The van der Waals surface area contributed by atoms with Gasteiger partial charge in [0.25, 0.3) is 5.69 Å². The van der Waals surface area contributed by atoms with Crippen molar-refractivity contribution in [3.05, 3.63) is 33.3 Å². The maximum absolute atomic E-state index is 11.7. The van der Waals surface area contributed by atoms with Gasteiger partial charge in [-0.25, -0.2) is 0 Å². The smallest absolute Gasteiger partial charge is 0.288 e. The molecule has 0 aliphatic rings. The zero-order valence-corrected chi connectivity index (χ0v) is 12.5. The van der Waals surface area contributed by atoms with Gasteiger partial charge in [-0.3, -0.25) is 14.9 Å². The Kier molecular flexibility index (Phi) is 5.47. The van der Waals surface area contributed by atoms with Crippen molar-refractivity contribution in [3.8, 4) is 0 Å². The van der Waals surface area contributed by atoms with Gasteiger partial charge in [0.15, 0.2) is 0 Å². The second kappa shape index (κ2) is 6.67. The second-order valence-electron chi connectivity index (χ2n) is 5.40. The molecule has 0 saturated carbocycles. The van der Waals surface area contributed by atoms with Gasteiger partial charge in [0.05, 0.1) is 4.92 Å². The zero-order chi connectivity index (χ0) is 15.3. The van der Waals surface area contributed by atoms with Gasteiger partial charge in [0.1, 0.15) is 5.02 Å². The van der Waals surface area contributed by atoms with Crippen LogP contribution in [0.5, 0.6) is 0 Å². The lowest BCUT2D eigenvalue weighted by molar-refractivity contribution is -0.384. The van der Waals surface area contributed by atoms with Crippen LogP contribution in [0.4, 0.5) is 11.4 Å². The van der Waals surface area contributed by atoms with Crippen molar-refractivity contribution in [1.29, 1.82) is 0 Å². The van der Waals surface area contributed by atoms with Gasteiger partial charge in [-0.05, 0) is 32.9 Å². The molecule has 1 rings (SSSR count). The molecule has 1 amide bonds. The Morgan fingerprint density at radius 1 is 1.40 bits per heavy atom. The standard InChI is InChI=1S/C13H18ClN3O3/c1-13(2,3)15-7-6-12(18)16-9-4-5-11(17(19)20)10(14)8-9/h4-5,8,15H,6-7H2,1-3H3,(H,16,18). The van der Waals surface area contributed by atoms with Crippen LogP contribution in [0.15, 0.2) is 18.2 Å². The SMILES string of the molecule is CC(C)(C)NCCC(=O)Nc1ccc([N+](=O)[O-])c(Cl)c1. The van der Waals surface area contributed by atoms with Crippen molar-refractivity contribution in [2.24, 2.45) is 0 Å². The summed E-state index contributed by atoms with van der Waals surface area (Å²) in [4.78, 5) is 21.7. The first-order chi connectivity index (χ1) is 9.19. The Hall–Kier alpha value is -1.66. The molecule has 0 aliphatic heterocycles. The highest BCUT2D eigenvalue weighted by atomic mass is 35.5. The Labute approximate surface area is 122 Å². The number of anilines is 1. The fourth-order valence-electron chi connectivity index (χ4n) is 1.51. The van der Waals surface area contributed by atoms with E-state index in [2.05, 4.69) is 10.6 Å². The first-order valence-electron chi connectivity index (χ1n) is 6.18. The first kappa shape index (κ1) is 16.4. The third kappa shape index (κ3) is 5.54. The highest BCUT2D eigenvalue weighted by Gasteiger charge is 2.13. The van der Waals surface area contributed by atoms with E-state index in [1.54, 1.807) is 0 Å². The molecule has 0 bridgehead atoms. The summed E-state index contributed by atoms with van der Waals surface area (Å²) in [5.41, 5.74) is 0.220. The normalized spacial score (nSPS) is 11.2. The topological polar surface area (TPSA) is 84.3 Å². The predicted molar refractivity (Wildman–Crippen MR) is 79.1 cm³/mol. The summed E-state index contributed by atoms with van der Waals surface area (Å²) in [6.07, 6.45) is 0.311. The van der Waals surface area contributed by atoms with E-state index >= 15 is 0 Å². The monoisotopic (exact) mass is 299 g/mol. The molecule has 20 heavy (non-hydrogen) atoms. The van der Waals surface area contributed by atoms with Crippen LogP contribution in [0.25, 0.3) is 0 Å². The van der Waals surface area contributed by atoms with E-state index in [0.717, 1.165) is 0 Å². The second-order valence-corrected chi connectivity index (χ2v) is 5.81. The number of nitro groups is 1. The molecular formula is C13H18ClN3O3. The minimum Gasteiger partial charge on any atom is -0.326 e. The van der Waals surface area contributed by atoms with E-state index in [1.807, 2.05) is 20.8 Å². The van der Waals surface area contributed by atoms with Gasteiger partial charge in [-0.2, -0.15) is 0 Å². The molecule has 0 unspecified atom stereocenters. The molecule has 110 valence electrons. The van der Waals surface area contributed by atoms with Crippen LogP contribution in [0, 0.1) is 10.1 Å². The zero-order valence-electron chi connectivity index (χ0n) is 11.7. The number of nitrogens with one attached hydrogen (secondary N) is 2. The lowest BCUT2D eigenvalue weighted by atomic mass is 10.1. The molecule has 1 aromatic carbocycles. The average molecular weight is 300 g/mol. The van der Waals surface area contributed by atoms with Gasteiger partial charge < -0.3 is 10.6 Å². The average Bonchev–Trinajstić information content (AvgIpc) is 2.26. The minimum absolute atomic E-state index is 0.000571. The Morgan fingerprint density at radius 3 is 2.55 bits per heavy atom. The molecule has 0 fully saturated rings. The third-order valence-corrected chi connectivity index (χ3v) is 2.74. The summed E-state index contributed by atoms with van der Waals surface area (Å²) < 4.78 is 0. The van der Waals surface area contributed by atoms with Crippen molar-refractivity contribution < 1.29 is 9.72 Å². The third-order valence-electron chi connectivity index (χ3n) is 2.44. The summed E-state index contributed by atoms with van der Waals surface area (Å²) in [6, 6.07) is 4.10. The molecule has 0 heterocycles. The number of amides is 1. The van der Waals surface area contributed by atoms with Crippen molar-refractivity contribution >= 4 is 28.9 Å². The molecule has 2 N–H and O–H groups in total. The summed E-state index contributed by atoms with van der Waals surface area (Å²) in [5, 5.41) is 16.5. The van der Waals surface area contributed by atoms with Gasteiger partial charge in [-0.1, -0.05) is 11.6 Å². The van der Waals surface area contributed by atoms with E-state index in [9.17, 15) is 14.9 Å². The summed E-state index contributed by atoms with van der Waals surface area (Å²) in [7, 11) is 0. The number of hydrogen-bond acceptors (Lipinski definition) is 4. The van der Waals surface area contributed by atoms with Crippen LogP contribution in [0.1, 0.15) is 27.2 Å².